The fourth-order valence-electron chi connectivity index (χ4n) is 1.48. The van der Waals surface area contributed by atoms with Crippen LogP contribution in [-0.2, 0) is 9.53 Å². The molecule has 18 heavy (non-hydrogen) atoms. The average Bonchev–Trinajstić information content (AvgIpc) is 2.36. The lowest BCUT2D eigenvalue weighted by Gasteiger charge is -2.19. The highest BCUT2D eigenvalue weighted by atomic mass is 16.5. The maximum Gasteiger partial charge on any atom is 0.325 e. The van der Waals surface area contributed by atoms with E-state index in [-0.39, 0.29) is 18.2 Å². The van der Waals surface area contributed by atoms with Crippen molar-refractivity contribution in [1.29, 1.82) is 0 Å². The average molecular weight is 251 g/mol. The summed E-state index contributed by atoms with van der Waals surface area (Å²) in [4.78, 5) is 24.8. The number of hydrogen-bond acceptors (Lipinski definition) is 4. The molecule has 1 rings (SSSR count). The van der Waals surface area contributed by atoms with Gasteiger partial charge in [-0.25, -0.2) is 0 Å². The number of benzene rings is 1. The van der Waals surface area contributed by atoms with Crippen molar-refractivity contribution in [2.75, 3.05) is 19.7 Å². The molecule has 1 amide bonds. The van der Waals surface area contributed by atoms with Gasteiger partial charge < -0.3 is 14.7 Å². The summed E-state index contributed by atoms with van der Waals surface area (Å²) < 4.78 is 4.81. The lowest BCUT2D eigenvalue weighted by atomic mass is 10.2. The van der Waals surface area contributed by atoms with E-state index in [0.717, 1.165) is 0 Å². The number of phenolic OH excluding ortho intramolecular Hbond substituents is 1. The molecule has 0 spiro atoms. The van der Waals surface area contributed by atoms with Gasteiger partial charge in [-0.1, -0.05) is 0 Å². The van der Waals surface area contributed by atoms with E-state index in [1.54, 1.807) is 13.8 Å². The minimum Gasteiger partial charge on any atom is -0.508 e. The quantitative estimate of drug-likeness (QED) is 0.804. The lowest BCUT2D eigenvalue weighted by molar-refractivity contribution is -0.143. The Morgan fingerprint density at radius 1 is 1.22 bits per heavy atom. The number of esters is 1. The Hall–Kier alpha value is -2.04. The summed E-state index contributed by atoms with van der Waals surface area (Å²) in [5, 5.41) is 9.15. The molecule has 0 saturated heterocycles. The Morgan fingerprint density at radius 3 is 2.33 bits per heavy atom. The van der Waals surface area contributed by atoms with Crippen LogP contribution in [0.25, 0.3) is 0 Å². The fraction of sp³-hybridized carbons (Fsp3) is 0.385. The van der Waals surface area contributed by atoms with Crippen LogP contribution in [0.4, 0.5) is 0 Å². The predicted octanol–water partition coefficient (Wildman–Crippen LogP) is 1.42. The number of nitrogens with zero attached hydrogens (tertiary/aromatic N) is 1. The number of carbonyl (C=O) groups is 2. The first-order valence-electron chi connectivity index (χ1n) is 5.82. The molecular formula is C13H17NO4. The van der Waals surface area contributed by atoms with Gasteiger partial charge in [0.1, 0.15) is 12.3 Å². The van der Waals surface area contributed by atoms with Gasteiger partial charge in [-0.15, -0.1) is 0 Å². The van der Waals surface area contributed by atoms with Gasteiger partial charge in [0.05, 0.1) is 6.61 Å². The third-order valence-electron chi connectivity index (χ3n) is 2.41. The van der Waals surface area contributed by atoms with Gasteiger partial charge in [-0.2, -0.15) is 0 Å². The molecular weight excluding hydrogens is 234 g/mol. The maximum absolute atomic E-state index is 12.1. The number of phenols is 1. The molecule has 0 fully saturated rings. The van der Waals surface area contributed by atoms with Gasteiger partial charge >= 0.3 is 5.97 Å². The summed E-state index contributed by atoms with van der Waals surface area (Å²) in [6.07, 6.45) is 0. The maximum atomic E-state index is 12.1. The molecule has 0 saturated carbocycles. The minimum atomic E-state index is -0.425. The number of rotatable bonds is 5. The Kier molecular flexibility index (Phi) is 5.17. The minimum absolute atomic E-state index is 0.0654. The van der Waals surface area contributed by atoms with Crippen LogP contribution in [-0.4, -0.2) is 41.6 Å². The van der Waals surface area contributed by atoms with E-state index in [1.807, 2.05) is 0 Å². The zero-order chi connectivity index (χ0) is 13.5. The van der Waals surface area contributed by atoms with Crippen molar-refractivity contribution < 1.29 is 19.4 Å². The van der Waals surface area contributed by atoms with Crippen LogP contribution in [0.15, 0.2) is 24.3 Å². The van der Waals surface area contributed by atoms with E-state index >= 15 is 0 Å². The molecule has 0 aliphatic heterocycles. The van der Waals surface area contributed by atoms with Crippen molar-refractivity contribution in [3.05, 3.63) is 29.8 Å². The second-order valence-electron chi connectivity index (χ2n) is 3.67. The normalized spacial score (nSPS) is 9.89. The monoisotopic (exact) mass is 251 g/mol. The van der Waals surface area contributed by atoms with Gasteiger partial charge in [0, 0.05) is 12.1 Å². The lowest BCUT2D eigenvalue weighted by Crippen LogP contribution is -2.36. The van der Waals surface area contributed by atoms with E-state index in [2.05, 4.69) is 0 Å². The smallest absolute Gasteiger partial charge is 0.325 e. The molecule has 0 radical (unpaired) electrons. The molecule has 0 bridgehead atoms. The summed E-state index contributed by atoms with van der Waals surface area (Å²) in [6, 6.07) is 5.91. The number of aromatic hydroxyl groups is 1. The molecule has 0 atom stereocenters. The predicted molar refractivity (Wildman–Crippen MR) is 66.3 cm³/mol. The standard InChI is InChI=1S/C13H17NO4/c1-3-14(9-12(16)18-4-2)13(17)10-5-7-11(15)8-6-10/h5-8,15H,3-4,9H2,1-2H3. The van der Waals surface area contributed by atoms with E-state index in [0.29, 0.717) is 18.7 Å². The summed E-state index contributed by atoms with van der Waals surface area (Å²) in [7, 11) is 0. The second kappa shape index (κ2) is 6.64. The van der Waals surface area contributed by atoms with Gasteiger partial charge in [-0.05, 0) is 38.1 Å². The molecule has 5 nitrogen and oxygen atoms in total. The summed E-state index contributed by atoms with van der Waals surface area (Å²) in [6.45, 7) is 4.15. The molecule has 1 aromatic carbocycles. The third kappa shape index (κ3) is 3.76. The van der Waals surface area contributed by atoms with E-state index < -0.39 is 5.97 Å². The van der Waals surface area contributed by atoms with Crippen LogP contribution in [0, 0.1) is 0 Å². The van der Waals surface area contributed by atoms with Crippen LogP contribution < -0.4 is 0 Å². The van der Waals surface area contributed by atoms with Crippen LogP contribution >= 0.6 is 0 Å². The zero-order valence-electron chi connectivity index (χ0n) is 10.5. The van der Waals surface area contributed by atoms with Crippen LogP contribution in [0.1, 0.15) is 24.2 Å². The molecule has 98 valence electrons. The topological polar surface area (TPSA) is 66.8 Å². The van der Waals surface area contributed by atoms with Gasteiger partial charge in [0.2, 0.25) is 0 Å². The van der Waals surface area contributed by atoms with Crippen LogP contribution in [0.5, 0.6) is 5.75 Å². The molecule has 5 heteroatoms. The highest BCUT2D eigenvalue weighted by molar-refractivity contribution is 5.96. The number of amides is 1. The number of carbonyl (C=O) groups excluding carboxylic acids is 2. The largest absolute Gasteiger partial charge is 0.508 e. The Balaban J connectivity index is 2.73. The van der Waals surface area contributed by atoms with Crippen molar-refractivity contribution >= 4 is 11.9 Å². The molecule has 0 heterocycles. The van der Waals surface area contributed by atoms with Crippen LogP contribution in [0.3, 0.4) is 0 Å². The zero-order valence-corrected chi connectivity index (χ0v) is 10.5. The van der Waals surface area contributed by atoms with Crippen molar-refractivity contribution in [1.82, 2.24) is 4.90 Å². The molecule has 0 aliphatic carbocycles. The molecule has 1 aromatic rings. The van der Waals surface area contributed by atoms with Crippen molar-refractivity contribution in [3.8, 4) is 5.75 Å². The van der Waals surface area contributed by atoms with Crippen molar-refractivity contribution in [2.45, 2.75) is 13.8 Å². The number of likely N-dealkylation sites (N-methyl/N-ethyl adjacent to an activating group) is 1. The van der Waals surface area contributed by atoms with Gasteiger partial charge in [-0.3, -0.25) is 9.59 Å². The third-order valence-corrected chi connectivity index (χ3v) is 2.41. The summed E-state index contributed by atoms with van der Waals surface area (Å²) in [5.74, 6) is -0.586. The highest BCUT2D eigenvalue weighted by Gasteiger charge is 2.17. The first-order valence-corrected chi connectivity index (χ1v) is 5.82. The summed E-state index contributed by atoms with van der Waals surface area (Å²) >= 11 is 0. The van der Waals surface area contributed by atoms with Gasteiger partial charge in [0.15, 0.2) is 0 Å². The first-order chi connectivity index (χ1) is 8.58. The van der Waals surface area contributed by atoms with E-state index in [4.69, 9.17) is 9.84 Å². The van der Waals surface area contributed by atoms with Gasteiger partial charge in [0.25, 0.3) is 5.91 Å². The Morgan fingerprint density at radius 2 is 1.83 bits per heavy atom. The molecule has 0 aliphatic rings. The second-order valence-corrected chi connectivity index (χ2v) is 3.67. The number of hydrogen-bond donors (Lipinski definition) is 1. The Labute approximate surface area is 106 Å². The number of ether oxygens (including phenoxy) is 1. The molecule has 0 unspecified atom stereocenters. The van der Waals surface area contributed by atoms with Crippen molar-refractivity contribution in [2.24, 2.45) is 0 Å². The highest BCUT2D eigenvalue weighted by Crippen LogP contribution is 2.11. The Bertz CT molecular complexity index is 414. The van der Waals surface area contributed by atoms with Crippen molar-refractivity contribution in [3.63, 3.8) is 0 Å². The van der Waals surface area contributed by atoms with E-state index in [9.17, 15) is 9.59 Å². The SMILES string of the molecule is CCOC(=O)CN(CC)C(=O)c1ccc(O)cc1. The van der Waals surface area contributed by atoms with Crippen LogP contribution in [0.2, 0.25) is 0 Å². The fourth-order valence-corrected chi connectivity index (χ4v) is 1.48. The first kappa shape index (κ1) is 14.0. The molecule has 0 aromatic heterocycles. The summed E-state index contributed by atoms with van der Waals surface area (Å²) in [5.41, 5.74) is 0.430. The molecule has 1 N–H and O–H groups in total. The van der Waals surface area contributed by atoms with E-state index in [1.165, 1.54) is 29.2 Å².